The van der Waals surface area contributed by atoms with Gasteiger partial charge in [-0.25, -0.2) is 0 Å². The smallest absolute Gasteiger partial charge is 0.251 e. The van der Waals surface area contributed by atoms with Gasteiger partial charge in [0.1, 0.15) is 5.75 Å². The maximum Gasteiger partial charge on any atom is 0.251 e. The zero-order chi connectivity index (χ0) is 21.5. The standard InChI is InChI=1S/C22H25ClN4O2S/c1-4-5-13-30-22-26-25-20(27(22)19-8-6-7-18(23)15(19)2)14-24-21(28)16-9-11-17(29-3)12-10-16/h6-12H,4-5,13-14H2,1-3H3,(H,24,28). The van der Waals surface area contributed by atoms with E-state index in [4.69, 9.17) is 16.3 Å². The van der Waals surface area contributed by atoms with Gasteiger partial charge in [-0.2, -0.15) is 0 Å². The van der Waals surface area contributed by atoms with Crippen molar-refractivity contribution in [3.63, 3.8) is 0 Å². The van der Waals surface area contributed by atoms with Gasteiger partial charge in [-0.15, -0.1) is 10.2 Å². The van der Waals surface area contributed by atoms with Crippen LogP contribution in [-0.4, -0.2) is 33.5 Å². The topological polar surface area (TPSA) is 69.0 Å². The van der Waals surface area contributed by atoms with Crippen LogP contribution in [0.4, 0.5) is 0 Å². The number of unbranched alkanes of at least 4 members (excludes halogenated alkanes) is 1. The highest BCUT2D eigenvalue weighted by Crippen LogP contribution is 2.28. The van der Waals surface area contributed by atoms with Gasteiger partial charge in [0.25, 0.3) is 5.91 Å². The Kier molecular flexibility index (Phi) is 7.76. The van der Waals surface area contributed by atoms with Gasteiger partial charge in [-0.1, -0.05) is 42.8 Å². The monoisotopic (exact) mass is 444 g/mol. The molecule has 0 atom stereocenters. The van der Waals surface area contributed by atoms with Crippen molar-refractivity contribution in [2.75, 3.05) is 12.9 Å². The number of carbonyl (C=O) groups excluding carboxylic acids is 1. The Hall–Kier alpha value is -2.51. The average molecular weight is 445 g/mol. The molecule has 0 saturated carbocycles. The lowest BCUT2D eigenvalue weighted by atomic mass is 10.2. The van der Waals surface area contributed by atoms with Crippen molar-refractivity contribution in [3.05, 3.63) is 64.4 Å². The first kappa shape index (κ1) is 22.2. The second kappa shape index (κ2) is 10.5. The minimum atomic E-state index is -0.185. The Labute approximate surface area is 186 Å². The first-order valence-corrected chi connectivity index (χ1v) is 11.2. The molecule has 0 aliphatic carbocycles. The van der Waals surface area contributed by atoms with Gasteiger partial charge in [0.15, 0.2) is 11.0 Å². The Bertz CT molecular complexity index is 1000. The van der Waals surface area contributed by atoms with Gasteiger partial charge < -0.3 is 10.1 Å². The number of ether oxygens (including phenoxy) is 1. The second-order valence-electron chi connectivity index (χ2n) is 6.73. The Morgan fingerprint density at radius 1 is 1.20 bits per heavy atom. The van der Waals surface area contributed by atoms with Gasteiger partial charge in [-0.05, 0) is 55.3 Å². The van der Waals surface area contributed by atoms with E-state index in [0.29, 0.717) is 22.2 Å². The number of methoxy groups -OCH3 is 1. The number of amides is 1. The lowest BCUT2D eigenvalue weighted by molar-refractivity contribution is 0.0949. The van der Waals surface area contributed by atoms with Crippen LogP contribution in [0.25, 0.3) is 5.69 Å². The van der Waals surface area contributed by atoms with Crippen molar-refractivity contribution in [3.8, 4) is 11.4 Å². The van der Waals surface area contributed by atoms with Crippen molar-refractivity contribution in [2.24, 2.45) is 0 Å². The molecule has 8 heteroatoms. The van der Waals surface area contributed by atoms with Crippen LogP contribution >= 0.6 is 23.4 Å². The number of benzene rings is 2. The number of carbonyl (C=O) groups is 1. The minimum Gasteiger partial charge on any atom is -0.497 e. The third-order valence-corrected chi connectivity index (χ3v) is 6.09. The number of rotatable bonds is 9. The highest BCUT2D eigenvalue weighted by atomic mass is 35.5. The zero-order valence-electron chi connectivity index (χ0n) is 17.3. The number of hydrogen-bond donors (Lipinski definition) is 1. The van der Waals surface area contributed by atoms with Crippen molar-refractivity contribution in [1.82, 2.24) is 20.1 Å². The summed E-state index contributed by atoms with van der Waals surface area (Å²) in [7, 11) is 1.59. The summed E-state index contributed by atoms with van der Waals surface area (Å²) in [5.74, 6) is 2.12. The van der Waals surface area contributed by atoms with Crippen LogP contribution in [0.5, 0.6) is 5.75 Å². The van der Waals surface area contributed by atoms with Crippen molar-refractivity contribution < 1.29 is 9.53 Å². The van der Waals surface area contributed by atoms with E-state index in [9.17, 15) is 4.79 Å². The molecule has 6 nitrogen and oxygen atoms in total. The van der Waals surface area contributed by atoms with Gasteiger partial charge >= 0.3 is 0 Å². The third-order valence-electron chi connectivity index (χ3n) is 4.67. The third kappa shape index (κ3) is 5.15. The summed E-state index contributed by atoms with van der Waals surface area (Å²) in [4.78, 5) is 12.6. The summed E-state index contributed by atoms with van der Waals surface area (Å²) in [5.41, 5.74) is 2.41. The lowest BCUT2D eigenvalue weighted by Gasteiger charge is -2.14. The van der Waals surface area contributed by atoms with Crippen molar-refractivity contribution in [2.45, 2.75) is 38.4 Å². The number of thioether (sulfide) groups is 1. The maximum absolute atomic E-state index is 12.6. The molecular formula is C22H25ClN4O2S. The maximum atomic E-state index is 12.6. The first-order chi connectivity index (χ1) is 14.5. The lowest BCUT2D eigenvalue weighted by Crippen LogP contribution is -2.24. The van der Waals surface area contributed by atoms with Gasteiger partial charge in [0, 0.05) is 16.3 Å². The molecule has 0 unspecified atom stereocenters. The molecule has 0 aliphatic rings. The SMILES string of the molecule is CCCCSc1nnc(CNC(=O)c2ccc(OC)cc2)n1-c1cccc(Cl)c1C. The normalized spacial score (nSPS) is 10.8. The highest BCUT2D eigenvalue weighted by molar-refractivity contribution is 7.99. The fourth-order valence-corrected chi connectivity index (χ4v) is 4.12. The molecule has 0 radical (unpaired) electrons. The van der Waals surface area contributed by atoms with Crippen molar-refractivity contribution >= 4 is 29.3 Å². The summed E-state index contributed by atoms with van der Waals surface area (Å²) in [5, 5.41) is 13.1. The molecule has 0 saturated heterocycles. The fourth-order valence-electron chi connectivity index (χ4n) is 2.90. The van der Waals surface area contributed by atoms with E-state index in [-0.39, 0.29) is 12.5 Å². The van der Waals surface area contributed by atoms with E-state index in [1.165, 1.54) is 0 Å². The quantitative estimate of drug-likeness (QED) is 0.369. The van der Waals surface area contributed by atoms with Crippen molar-refractivity contribution in [1.29, 1.82) is 0 Å². The number of aromatic nitrogens is 3. The zero-order valence-corrected chi connectivity index (χ0v) is 18.9. The Morgan fingerprint density at radius 2 is 1.97 bits per heavy atom. The van der Waals surface area contributed by atoms with Crippen LogP contribution in [-0.2, 0) is 6.54 Å². The fraction of sp³-hybridized carbons (Fsp3) is 0.318. The molecule has 1 aromatic heterocycles. The Balaban J connectivity index is 1.84. The summed E-state index contributed by atoms with van der Waals surface area (Å²) in [6, 6.07) is 12.7. The Morgan fingerprint density at radius 3 is 2.67 bits per heavy atom. The van der Waals surface area contributed by atoms with Crippen LogP contribution in [0.15, 0.2) is 47.6 Å². The molecule has 0 fully saturated rings. The average Bonchev–Trinajstić information content (AvgIpc) is 3.16. The van der Waals surface area contributed by atoms with E-state index in [1.54, 1.807) is 43.1 Å². The van der Waals surface area contributed by atoms with E-state index < -0.39 is 0 Å². The number of nitrogens with one attached hydrogen (secondary N) is 1. The van der Waals surface area contributed by atoms with Crippen LogP contribution in [0, 0.1) is 6.92 Å². The molecule has 3 aromatic rings. The van der Waals surface area contributed by atoms with Gasteiger partial charge in [0.2, 0.25) is 0 Å². The van der Waals surface area contributed by atoms with Crippen LogP contribution < -0.4 is 10.1 Å². The number of nitrogens with zero attached hydrogens (tertiary/aromatic N) is 3. The van der Waals surface area contributed by atoms with E-state index in [1.807, 2.05) is 29.7 Å². The summed E-state index contributed by atoms with van der Waals surface area (Å²) < 4.78 is 7.12. The molecule has 0 aliphatic heterocycles. The van der Waals surface area contributed by atoms with Gasteiger partial charge in [-0.3, -0.25) is 9.36 Å². The summed E-state index contributed by atoms with van der Waals surface area (Å²) in [6.45, 7) is 4.38. The molecule has 2 aromatic carbocycles. The second-order valence-corrected chi connectivity index (χ2v) is 8.20. The molecule has 1 amide bonds. The number of halogens is 1. The van der Waals surface area contributed by atoms with Crippen LogP contribution in [0.3, 0.4) is 0 Å². The largest absolute Gasteiger partial charge is 0.497 e. The van der Waals surface area contributed by atoms with Crippen LogP contribution in [0.2, 0.25) is 5.02 Å². The predicted octanol–water partition coefficient (Wildman–Crippen LogP) is 5.06. The first-order valence-electron chi connectivity index (χ1n) is 9.80. The van der Waals surface area contributed by atoms with E-state index in [0.717, 1.165) is 35.0 Å². The predicted molar refractivity (Wildman–Crippen MR) is 121 cm³/mol. The highest BCUT2D eigenvalue weighted by Gasteiger charge is 2.18. The molecular weight excluding hydrogens is 420 g/mol. The molecule has 30 heavy (non-hydrogen) atoms. The molecule has 1 heterocycles. The van der Waals surface area contributed by atoms with Gasteiger partial charge in [0.05, 0.1) is 19.3 Å². The minimum absolute atomic E-state index is 0.185. The van der Waals surface area contributed by atoms with E-state index in [2.05, 4.69) is 22.4 Å². The molecule has 158 valence electrons. The molecule has 0 spiro atoms. The van der Waals surface area contributed by atoms with E-state index >= 15 is 0 Å². The summed E-state index contributed by atoms with van der Waals surface area (Å²) in [6.07, 6.45) is 2.21. The molecule has 0 bridgehead atoms. The summed E-state index contributed by atoms with van der Waals surface area (Å²) >= 11 is 8.01. The number of hydrogen-bond acceptors (Lipinski definition) is 5. The molecule has 3 rings (SSSR count). The molecule has 1 N–H and O–H groups in total. The van der Waals surface area contributed by atoms with Crippen LogP contribution in [0.1, 0.15) is 41.5 Å².